The maximum Gasteiger partial charge on any atom is 0.161 e. The zero-order valence-corrected chi connectivity index (χ0v) is 18.4. The van der Waals surface area contributed by atoms with Crippen LogP contribution in [0.1, 0.15) is 54.1 Å². The van der Waals surface area contributed by atoms with Gasteiger partial charge in [0.05, 0.1) is 11.4 Å². The molecule has 0 saturated carbocycles. The number of rotatable bonds is 2. The lowest BCUT2D eigenvalue weighted by atomic mass is 9.89. The third-order valence-corrected chi connectivity index (χ3v) is 7.87. The third kappa shape index (κ3) is 2.96. The van der Waals surface area contributed by atoms with Gasteiger partial charge in [0.25, 0.3) is 0 Å². The third-order valence-electron chi connectivity index (χ3n) is 6.72. The summed E-state index contributed by atoms with van der Waals surface area (Å²) in [5.74, 6) is 4.51. The van der Waals surface area contributed by atoms with Crippen LogP contribution in [-0.2, 0) is 12.8 Å². The molecule has 2 aliphatic heterocycles. The number of hydrogen-bond acceptors (Lipinski definition) is 6. The molecule has 0 spiro atoms. The van der Waals surface area contributed by atoms with Crippen molar-refractivity contribution in [1.82, 2.24) is 9.97 Å². The van der Waals surface area contributed by atoms with Crippen LogP contribution in [0, 0.1) is 12.8 Å². The minimum Gasteiger partial charge on any atom is -0.486 e. The first-order valence-corrected chi connectivity index (χ1v) is 11.9. The summed E-state index contributed by atoms with van der Waals surface area (Å²) in [4.78, 5) is 15.1. The van der Waals surface area contributed by atoms with E-state index in [-0.39, 0.29) is 0 Å². The highest BCUT2D eigenvalue weighted by Gasteiger charge is 2.32. The second-order valence-electron chi connectivity index (χ2n) is 8.88. The molecule has 0 radical (unpaired) electrons. The summed E-state index contributed by atoms with van der Waals surface area (Å²) in [5.41, 5.74) is 2.80. The van der Waals surface area contributed by atoms with Crippen LogP contribution < -0.4 is 14.4 Å². The van der Waals surface area contributed by atoms with Crippen molar-refractivity contribution in [2.45, 2.75) is 52.0 Å². The molecule has 1 fully saturated rings. The Labute approximate surface area is 181 Å². The summed E-state index contributed by atoms with van der Waals surface area (Å²) in [6.45, 7) is 6.67. The van der Waals surface area contributed by atoms with Gasteiger partial charge < -0.3 is 14.4 Å². The van der Waals surface area contributed by atoms with Crippen LogP contribution in [0.15, 0.2) is 18.2 Å². The first-order valence-electron chi connectivity index (χ1n) is 11.1. The normalized spacial score (nSPS) is 23.1. The molecule has 4 heterocycles. The molecular weight excluding hydrogens is 394 g/mol. The number of aryl methyl sites for hydroxylation is 2. The first-order chi connectivity index (χ1) is 14.7. The number of benzene rings is 1. The van der Waals surface area contributed by atoms with E-state index >= 15 is 0 Å². The van der Waals surface area contributed by atoms with Crippen molar-refractivity contribution in [2.24, 2.45) is 5.92 Å². The zero-order chi connectivity index (χ0) is 20.2. The molecule has 1 saturated heterocycles. The van der Waals surface area contributed by atoms with E-state index in [1.54, 1.807) is 0 Å². The van der Waals surface area contributed by atoms with Gasteiger partial charge in [0.15, 0.2) is 11.5 Å². The topological polar surface area (TPSA) is 47.5 Å². The average molecular weight is 422 g/mol. The van der Waals surface area contributed by atoms with Gasteiger partial charge in [-0.25, -0.2) is 9.97 Å². The van der Waals surface area contributed by atoms with Gasteiger partial charge in [0, 0.05) is 11.4 Å². The maximum absolute atomic E-state index is 5.86. The fraction of sp³-hybridized carbons (Fsp3) is 0.500. The van der Waals surface area contributed by atoms with Crippen LogP contribution in [0.3, 0.4) is 0 Å². The molecule has 5 nitrogen and oxygen atoms in total. The van der Waals surface area contributed by atoms with E-state index < -0.39 is 0 Å². The van der Waals surface area contributed by atoms with Crippen molar-refractivity contribution in [1.29, 1.82) is 0 Å². The quantitative estimate of drug-likeness (QED) is 0.566. The smallest absolute Gasteiger partial charge is 0.161 e. The van der Waals surface area contributed by atoms with Gasteiger partial charge in [-0.15, -0.1) is 11.3 Å². The van der Waals surface area contributed by atoms with Crippen molar-refractivity contribution in [3.63, 3.8) is 0 Å². The molecule has 30 heavy (non-hydrogen) atoms. The molecule has 0 N–H and O–H groups in total. The number of thiophene rings is 1. The highest BCUT2D eigenvalue weighted by Crippen LogP contribution is 2.45. The summed E-state index contributed by atoms with van der Waals surface area (Å²) in [7, 11) is 0. The maximum atomic E-state index is 5.86. The van der Waals surface area contributed by atoms with E-state index in [0.717, 1.165) is 48.4 Å². The van der Waals surface area contributed by atoms with Crippen molar-refractivity contribution < 1.29 is 9.47 Å². The Morgan fingerprint density at radius 3 is 2.87 bits per heavy atom. The minimum atomic E-state index is 0.316. The van der Waals surface area contributed by atoms with Gasteiger partial charge >= 0.3 is 0 Å². The van der Waals surface area contributed by atoms with Crippen LogP contribution in [0.25, 0.3) is 10.2 Å². The molecule has 1 aromatic carbocycles. The Morgan fingerprint density at radius 1 is 1.10 bits per heavy atom. The molecule has 3 aromatic rings. The van der Waals surface area contributed by atoms with Crippen LogP contribution >= 0.6 is 11.3 Å². The Kier molecular flexibility index (Phi) is 4.37. The van der Waals surface area contributed by atoms with Crippen molar-refractivity contribution in [3.8, 4) is 11.5 Å². The predicted molar refractivity (Wildman–Crippen MR) is 120 cm³/mol. The van der Waals surface area contributed by atoms with Crippen LogP contribution in [0.4, 0.5) is 5.82 Å². The standard InChI is InChI=1S/C24H27N3O2S/c1-14-5-7-17-21(12-14)30-24-22(17)23(25-15(2)26-24)27-9-3-4-18(27)16-6-8-19-20(13-16)29-11-10-28-19/h6,8,13-14,18H,3-5,7,9-12H2,1-2H3/t14-,18+/m1/s1. The second-order valence-corrected chi connectivity index (χ2v) is 9.96. The fourth-order valence-electron chi connectivity index (χ4n) is 5.27. The molecule has 0 unspecified atom stereocenters. The Morgan fingerprint density at radius 2 is 1.97 bits per heavy atom. The number of ether oxygens (including phenoxy) is 2. The first kappa shape index (κ1) is 18.4. The SMILES string of the molecule is Cc1nc(N2CCC[C@H]2c2ccc3c(c2)OCCO3)c2c3c(sc2n1)C[C@H](C)CC3. The van der Waals surface area contributed by atoms with E-state index in [2.05, 4.69) is 30.0 Å². The summed E-state index contributed by atoms with van der Waals surface area (Å²) in [6.07, 6.45) is 5.90. The van der Waals surface area contributed by atoms with Gasteiger partial charge in [-0.2, -0.15) is 0 Å². The van der Waals surface area contributed by atoms with Gasteiger partial charge in [0.2, 0.25) is 0 Å². The van der Waals surface area contributed by atoms with Crippen LogP contribution in [0.2, 0.25) is 0 Å². The molecule has 3 aliphatic rings. The van der Waals surface area contributed by atoms with Gasteiger partial charge in [-0.1, -0.05) is 13.0 Å². The van der Waals surface area contributed by atoms with Gasteiger partial charge in [-0.05, 0) is 68.2 Å². The predicted octanol–water partition coefficient (Wildman–Crippen LogP) is 5.24. The van der Waals surface area contributed by atoms with E-state index in [4.69, 9.17) is 19.4 Å². The van der Waals surface area contributed by atoms with Crippen molar-refractivity contribution >= 4 is 27.4 Å². The molecule has 0 amide bonds. The summed E-state index contributed by atoms with van der Waals surface area (Å²) < 4.78 is 11.6. The summed E-state index contributed by atoms with van der Waals surface area (Å²) in [6, 6.07) is 6.76. The molecular formula is C24H27N3O2S. The van der Waals surface area contributed by atoms with E-state index in [1.807, 2.05) is 18.3 Å². The number of hydrogen-bond donors (Lipinski definition) is 0. The van der Waals surface area contributed by atoms with E-state index in [9.17, 15) is 0 Å². The van der Waals surface area contributed by atoms with E-state index in [0.29, 0.717) is 19.3 Å². The highest BCUT2D eigenvalue weighted by molar-refractivity contribution is 7.19. The molecule has 0 bridgehead atoms. The zero-order valence-electron chi connectivity index (χ0n) is 17.6. The fourth-order valence-corrected chi connectivity index (χ4v) is 6.69. The van der Waals surface area contributed by atoms with E-state index in [1.165, 1.54) is 45.5 Å². The lowest BCUT2D eigenvalue weighted by molar-refractivity contribution is 0.171. The largest absolute Gasteiger partial charge is 0.486 e. The molecule has 2 aromatic heterocycles. The number of nitrogens with zero attached hydrogens (tertiary/aromatic N) is 3. The van der Waals surface area contributed by atoms with Gasteiger partial charge in [-0.3, -0.25) is 0 Å². The summed E-state index contributed by atoms with van der Waals surface area (Å²) in [5, 5.41) is 1.32. The number of aromatic nitrogens is 2. The molecule has 156 valence electrons. The number of fused-ring (bicyclic) bond motifs is 4. The monoisotopic (exact) mass is 421 g/mol. The Bertz CT molecular complexity index is 1130. The molecule has 6 heteroatoms. The number of anilines is 1. The van der Waals surface area contributed by atoms with Gasteiger partial charge in [0.1, 0.15) is 29.7 Å². The van der Waals surface area contributed by atoms with Crippen molar-refractivity contribution in [2.75, 3.05) is 24.7 Å². The van der Waals surface area contributed by atoms with Crippen LogP contribution in [0.5, 0.6) is 11.5 Å². The van der Waals surface area contributed by atoms with Crippen LogP contribution in [-0.4, -0.2) is 29.7 Å². The molecule has 6 rings (SSSR count). The average Bonchev–Trinajstić information content (AvgIpc) is 3.37. The molecule has 1 aliphatic carbocycles. The summed E-state index contributed by atoms with van der Waals surface area (Å²) >= 11 is 1.89. The minimum absolute atomic E-state index is 0.316. The van der Waals surface area contributed by atoms with Crippen molar-refractivity contribution in [3.05, 3.63) is 40.0 Å². The lowest BCUT2D eigenvalue weighted by Crippen LogP contribution is -2.25. The Balaban J connectivity index is 1.45. The second kappa shape index (κ2) is 7.12. The lowest BCUT2D eigenvalue weighted by Gasteiger charge is -2.29. The Hall–Kier alpha value is -2.34. The highest BCUT2D eigenvalue weighted by atomic mass is 32.1. The molecule has 2 atom stereocenters.